The number of primary amides is 1. The van der Waals surface area contributed by atoms with E-state index < -0.39 is 54.4 Å². The molecule has 4 amide bonds. The third kappa shape index (κ3) is 12.5. The SMILES string of the molecule is NCCCC[C@H](NC(=O)[C@H](CO)NC(=O)[C@@H](N)Cc1ccccc1)C(=O)N[C@@H](CCCN=C(N)N)C(N)=O. The van der Waals surface area contributed by atoms with Crippen LogP contribution in [0.3, 0.4) is 0 Å². The smallest absolute Gasteiger partial charge is 0.245 e. The van der Waals surface area contributed by atoms with E-state index in [0.29, 0.717) is 25.8 Å². The van der Waals surface area contributed by atoms with Crippen LogP contribution in [-0.2, 0) is 25.6 Å². The molecule has 0 aliphatic carbocycles. The van der Waals surface area contributed by atoms with Gasteiger partial charge in [-0.15, -0.1) is 0 Å². The standard InChI is InChI=1S/C24H41N9O5/c25-11-5-4-9-18(22(37)31-17(20(27)35)10-6-12-30-24(28)29)32-23(38)19(14-34)33-21(36)16(26)13-15-7-2-1-3-8-15/h1-3,7-8,16-19,34H,4-6,9-14,25-26H2,(H2,27,35)(H,31,37)(H,32,38)(H,33,36)(H4,28,29,30)/t16-,17-,18-,19-/m0/s1. The lowest BCUT2D eigenvalue weighted by molar-refractivity contribution is -0.134. The van der Waals surface area contributed by atoms with Crippen molar-refractivity contribution in [2.75, 3.05) is 19.7 Å². The second-order valence-electron chi connectivity index (χ2n) is 8.80. The highest BCUT2D eigenvalue weighted by Gasteiger charge is 2.29. The molecule has 0 aromatic heterocycles. The van der Waals surface area contributed by atoms with Gasteiger partial charge < -0.3 is 49.7 Å². The van der Waals surface area contributed by atoms with Crippen molar-refractivity contribution >= 4 is 29.6 Å². The van der Waals surface area contributed by atoms with Gasteiger partial charge in [0.25, 0.3) is 0 Å². The first-order valence-corrected chi connectivity index (χ1v) is 12.4. The van der Waals surface area contributed by atoms with Gasteiger partial charge >= 0.3 is 0 Å². The Morgan fingerprint density at radius 2 is 1.39 bits per heavy atom. The van der Waals surface area contributed by atoms with E-state index in [4.69, 9.17) is 28.7 Å². The van der Waals surface area contributed by atoms with Crippen molar-refractivity contribution in [3.05, 3.63) is 35.9 Å². The lowest BCUT2D eigenvalue weighted by atomic mass is 10.0. The number of rotatable bonds is 18. The van der Waals surface area contributed by atoms with Crippen molar-refractivity contribution in [1.82, 2.24) is 16.0 Å². The highest BCUT2D eigenvalue weighted by molar-refractivity contribution is 5.94. The van der Waals surface area contributed by atoms with Crippen molar-refractivity contribution in [3.8, 4) is 0 Å². The number of hydrogen-bond acceptors (Lipinski definition) is 8. The number of carbonyl (C=O) groups excluding carboxylic acids is 4. The van der Waals surface area contributed by atoms with E-state index in [0.717, 1.165) is 5.56 Å². The third-order valence-electron chi connectivity index (χ3n) is 5.64. The number of hydrogen-bond donors (Lipinski definition) is 9. The molecular weight excluding hydrogens is 494 g/mol. The minimum atomic E-state index is -1.35. The summed E-state index contributed by atoms with van der Waals surface area (Å²) >= 11 is 0. The van der Waals surface area contributed by atoms with E-state index in [2.05, 4.69) is 20.9 Å². The minimum absolute atomic E-state index is 0.0982. The number of amides is 4. The fourth-order valence-corrected chi connectivity index (χ4v) is 3.53. The number of benzene rings is 1. The van der Waals surface area contributed by atoms with Gasteiger partial charge in [0.15, 0.2) is 5.96 Å². The maximum Gasteiger partial charge on any atom is 0.245 e. The number of aliphatic hydroxyl groups is 1. The minimum Gasteiger partial charge on any atom is -0.394 e. The van der Waals surface area contributed by atoms with Crippen LogP contribution in [-0.4, -0.2) is 78.6 Å². The van der Waals surface area contributed by atoms with E-state index in [9.17, 15) is 24.3 Å². The van der Waals surface area contributed by atoms with Crippen LogP contribution in [0, 0.1) is 0 Å². The van der Waals surface area contributed by atoms with Gasteiger partial charge in [-0.1, -0.05) is 30.3 Å². The van der Waals surface area contributed by atoms with Gasteiger partial charge in [0.1, 0.15) is 18.1 Å². The maximum absolute atomic E-state index is 13.0. The van der Waals surface area contributed by atoms with Crippen molar-refractivity contribution in [2.24, 2.45) is 33.7 Å². The zero-order valence-corrected chi connectivity index (χ0v) is 21.5. The summed E-state index contributed by atoms with van der Waals surface area (Å²) in [5.41, 5.74) is 28.3. The molecule has 0 fully saturated rings. The normalized spacial score (nSPS) is 13.9. The Kier molecular flexibility index (Phi) is 15.0. The van der Waals surface area contributed by atoms with Crippen molar-refractivity contribution in [2.45, 2.75) is 62.7 Å². The van der Waals surface area contributed by atoms with Gasteiger partial charge in [-0.05, 0) is 50.6 Å². The molecule has 1 rings (SSSR count). The first-order chi connectivity index (χ1) is 18.1. The molecule has 0 saturated carbocycles. The number of aliphatic imine (C=N–C) groups is 1. The van der Waals surface area contributed by atoms with Crippen LogP contribution in [0.25, 0.3) is 0 Å². The van der Waals surface area contributed by atoms with Crippen molar-refractivity contribution in [1.29, 1.82) is 0 Å². The molecule has 14 heteroatoms. The Morgan fingerprint density at radius 3 is 1.97 bits per heavy atom. The summed E-state index contributed by atoms with van der Waals surface area (Å²) in [6.07, 6.45) is 2.07. The molecule has 0 unspecified atom stereocenters. The number of unbranched alkanes of at least 4 members (excludes halogenated alkanes) is 1. The molecule has 0 heterocycles. The Balaban J connectivity index is 2.82. The van der Waals surface area contributed by atoms with Gasteiger partial charge in [-0.2, -0.15) is 0 Å². The first kappa shape index (κ1) is 32.3. The molecule has 4 atom stereocenters. The molecule has 0 spiro atoms. The van der Waals surface area contributed by atoms with Gasteiger partial charge in [-0.25, -0.2) is 0 Å². The van der Waals surface area contributed by atoms with Crippen LogP contribution >= 0.6 is 0 Å². The first-order valence-electron chi connectivity index (χ1n) is 12.4. The number of nitrogens with one attached hydrogen (secondary N) is 3. The van der Waals surface area contributed by atoms with Gasteiger partial charge in [0.05, 0.1) is 12.6 Å². The molecule has 0 saturated heterocycles. The second kappa shape index (κ2) is 17.7. The van der Waals surface area contributed by atoms with Gasteiger partial charge in [-0.3, -0.25) is 24.2 Å². The lowest BCUT2D eigenvalue weighted by Gasteiger charge is -2.24. The zero-order chi connectivity index (χ0) is 28.5. The maximum atomic E-state index is 13.0. The van der Waals surface area contributed by atoms with Crippen LogP contribution in [0.5, 0.6) is 0 Å². The zero-order valence-electron chi connectivity index (χ0n) is 21.5. The predicted octanol–water partition coefficient (Wildman–Crippen LogP) is -3.33. The number of nitrogens with zero attached hydrogens (tertiary/aromatic N) is 1. The van der Waals surface area contributed by atoms with E-state index in [1.54, 1.807) is 0 Å². The molecule has 212 valence electrons. The number of carbonyl (C=O) groups is 4. The molecule has 0 aliphatic heterocycles. The number of aliphatic hydroxyl groups excluding tert-OH is 1. The Hall–Kier alpha value is -3.75. The fourth-order valence-electron chi connectivity index (χ4n) is 3.53. The summed E-state index contributed by atoms with van der Waals surface area (Å²) in [5.74, 6) is -2.93. The highest BCUT2D eigenvalue weighted by atomic mass is 16.3. The summed E-state index contributed by atoms with van der Waals surface area (Å²) < 4.78 is 0. The fraction of sp³-hybridized carbons (Fsp3) is 0.542. The monoisotopic (exact) mass is 535 g/mol. The van der Waals surface area contributed by atoms with E-state index in [1.807, 2.05) is 30.3 Å². The van der Waals surface area contributed by atoms with Crippen molar-refractivity contribution < 1.29 is 24.3 Å². The van der Waals surface area contributed by atoms with E-state index in [1.165, 1.54) is 0 Å². The molecule has 14 N–H and O–H groups in total. The summed E-state index contributed by atoms with van der Waals surface area (Å²) in [5, 5.41) is 17.2. The van der Waals surface area contributed by atoms with E-state index >= 15 is 0 Å². The molecule has 0 aliphatic rings. The predicted molar refractivity (Wildman–Crippen MR) is 143 cm³/mol. The molecule has 1 aromatic rings. The summed E-state index contributed by atoms with van der Waals surface area (Å²) in [7, 11) is 0. The average Bonchev–Trinajstić information content (AvgIpc) is 2.88. The largest absolute Gasteiger partial charge is 0.394 e. The van der Waals surface area contributed by atoms with Crippen LogP contribution in [0.2, 0.25) is 0 Å². The van der Waals surface area contributed by atoms with E-state index in [-0.39, 0.29) is 31.8 Å². The summed E-state index contributed by atoms with van der Waals surface area (Å²) in [4.78, 5) is 54.1. The summed E-state index contributed by atoms with van der Waals surface area (Å²) in [6, 6.07) is 4.69. The quantitative estimate of drug-likeness (QED) is 0.0516. The van der Waals surface area contributed by atoms with Crippen LogP contribution in [0.4, 0.5) is 0 Å². The average molecular weight is 536 g/mol. The molecular formula is C24H41N9O5. The van der Waals surface area contributed by atoms with Crippen molar-refractivity contribution in [3.63, 3.8) is 0 Å². The third-order valence-corrected chi connectivity index (χ3v) is 5.64. The van der Waals surface area contributed by atoms with Crippen LogP contribution in [0.15, 0.2) is 35.3 Å². The molecule has 38 heavy (non-hydrogen) atoms. The molecule has 0 bridgehead atoms. The van der Waals surface area contributed by atoms with Gasteiger partial charge in [0.2, 0.25) is 23.6 Å². The number of nitrogens with two attached hydrogens (primary N) is 5. The molecule has 1 aromatic carbocycles. The molecule has 0 radical (unpaired) electrons. The van der Waals surface area contributed by atoms with Crippen LogP contribution in [0.1, 0.15) is 37.7 Å². The van der Waals surface area contributed by atoms with Gasteiger partial charge in [0, 0.05) is 6.54 Å². The highest BCUT2D eigenvalue weighted by Crippen LogP contribution is 2.06. The Labute approximate surface area is 222 Å². The second-order valence-corrected chi connectivity index (χ2v) is 8.80. The van der Waals surface area contributed by atoms with Crippen LogP contribution < -0.4 is 44.6 Å². The lowest BCUT2D eigenvalue weighted by Crippen LogP contribution is -2.58. The Bertz CT molecular complexity index is 925. The topological polar surface area (TPSA) is 267 Å². The molecule has 14 nitrogen and oxygen atoms in total. The number of guanidine groups is 1. The summed E-state index contributed by atoms with van der Waals surface area (Å²) in [6.45, 7) is -0.101. The Morgan fingerprint density at radius 1 is 0.816 bits per heavy atom.